The Balaban J connectivity index is 2.91. The van der Waals surface area contributed by atoms with Gasteiger partial charge in [-0.1, -0.05) is 24.8 Å². The van der Waals surface area contributed by atoms with Crippen molar-refractivity contribution in [3.05, 3.63) is 36.2 Å². The van der Waals surface area contributed by atoms with Crippen LogP contribution in [0.3, 0.4) is 0 Å². The van der Waals surface area contributed by atoms with Crippen LogP contribution in [-0.4, -0.2) is 15.4 Å². The van der Waals surface area contributed by atoms with Gasteiger partial charge in [0, 0.05) is 18.0 Å². The Bertz CT molecular complexity index is 299. The molecule has 0 unspecified atom stereocenters. The molecule has 0 aromatic carbocycles. The van der Waals surface area contributed by atoms with Crippen LogP contribution >= 0.6 is 11.9 Å². The molecular weight excluding hydrogens is 168 g/mol. The van der Waals surface area contributed by atoms with E-state index in [0.29, 0.717) is 0 Å². The highest BCUT2D eigenvalue weighted by Gasteiger charge is 1.99. The van der Waals surface area contributed by atoms with Crippen molar-refractivity contribution >= 4 is 18.0 Å². The molecule has 0 aliphatic heterocycles. The third-order valence-corrected chi connectivity index (χ3v) is 2.08. The van der Waals surface area contributed by atoms with Gasteiger partial charge in [-0.25, -0.2) is 4.09 Å². The highest BCUT2D eigenvalue weighted by molar-refractivity contribution is 7.97. The molecule has 0 radical (unpaired) electrons. The van der Waals surface area contributed by atoms with Gasteiger partial charge in [-0.3, -0.25) is 0 Å². The van der Waals surface area contributed by atoms with E-state index in [1.54, 1.807) is 18.0 Å². The Morgan fingerprint density at radius 3 is 2.92 bits per heavy atom. The van der Waals surface area contributed by atoms with Crippen LogP contribution in [0.15, 0.2) is 24.9 Å². The van der Waals surface area contributed by atoms with Gasteiger partial charge in [-0.15, -0.1) is 0 Å². The first-order chi connectivity index (χ1) is 5.77. The first-order valence-corrected chi connectivity index (χ1v) is 4.86. The SMILES string of the molecule is C=C/C=C\c1cn(SC)nc1C. The molecular formula is C9H12N2S. The zero-order valence-electron chi connectivity index (χ0n) is 7.32. The van der Waals surface area contributed by atoms with Gasteiger partial charge in [0.25, 0.3) is 0 Å². The first-order valence-electron chi connectivity index (χ1n) is 3.67. The van der Waals surface area contributed by atoms with Gasteiger partial charge in [0.2, 0.25) is 0 Å². The second-order valence-corrected chi connectivity index (χ2v) is 3.09. The number of aromatic nitrogens is 2. The molecule has 2 nitrogen and oxygen atoms in total. The van der Waals surface area contributed by atoms with Crippen molar-refractivity contribution in [3.63, 3.8) is 0 Å². The summed E-state index contributed by atoms with van der Waals surface area (Å²) in [4.78, 5) is 0. The van der Waals surface area contributed by atoms with Crippen LogP contribution in [0.5, 0.6) is 0 Å². The smallest absolute Gasteiger partial charge is 0.0676 e. The lowest BCUT2D eigenvalue weighted by Gasteiger charge is -1.87. The first kappa shape index (κ1) is 9.13. The molecule has 0 saturated heterocycles. The number of rotatable bonds is 3. The molecule has 1 aromatic rings. The summed E-state index contributed by atoms with van der Waals surface area (Å²) in [7, 11) is 0. The van der Waals surface area contributed by atoms with Gasteiger partial charge in [-0.05, 0) is 18.9 Å². The van der Waals surface area contributed by atoms with Crippen molar-refractivity contribution in [2.45, 2.75) is 6.92 Å². The lowest BCUT2D eigenvalue weighted by atomic mass is 10.2. The van der Waals surface area contributed by atoms with E-state index in [1.165, 1.54) is 0 Å². The number of aryl methyl sites for hydroxylation is 1. The number of hydrogen-bond acceptors (Lipinski definition) is 2. The maximum absolute atomic E-state index is 4.28. The van der Waals surface area contributed by atoms with Crippen molar-refractivity contribution in [3.8, 4) is 0 Å². The Labute approximate surface area is 77.1 Å². The fourth-order valence-electron chi connectivity index (χ4n) is 0.876. The normalized spacial score (nSPS) is 10.8. The summed E-state index contributed by atoms with van der Waals surface area (Å²) in [6, 6.07) is 0. The molecule has 0 aliphatic rings. The van der Waals surface area contributed by atoms with Gasteiger partial charge >= 0.3 is 0 Å². The van der Waals surface area contributed by atoms with Crippen LogP contribution in [-0.2, 0) is 0 Å². The summed E-state index contributed by atoms with van der Waals surface area (Å²) in [5.74, 6) is 0. The highest BCUT2D eigenvalue weighted by Crippen LogP contribution is 2.10. The Morgan fingerprint density at radius 1 is 1.67 bits per heavy atom. The largest absolute Gasteiger partial charge is 0.214 e. The number of hydrogen-bond donors (Lipinski definition) is 0. The van der Waals surface area contributed by atoms with E-state index in [4.69, 9.17) is 0 Å². The van der Waals surface area contributed by atoms with Crippen LogP contribution in [0, 0.1) is 6.92 Å². The van der Waals surface area contributed by atoms with E-state index in [-0.39, 0.29) is 0 Å². The number of nitrogens with zero attached hydrogens (tertiary/aromatic N) is 2. The van der Waals surface area contributed by atoms with Crippen LogP contribution in [0.1, 0.15) is 11.3 Å². The Morgan fingerprint density at radius 2 is 2.42 bits per heavy atom. The predicted molar refractivity (Wildman–Crippen MR) is 55.1 cm³/mol. The van der Waals surface area contributed by atoms with E-state index in [0.717, 1.165) is 11.3 Å². The van der Waals surface area contributed by atoms with Crippen molar-refractivity contribution in [2.75, 3.05) is 6.26 Å². The summed E-state index contributed by atoms with van der Waals surface area (Å²) in [6.45, 7) is 5.61. The molecule has 64 valence electrons. The van der Waals surface area contributed by atoms with Gasteiger partial charge in [-0.2, -0.15) is 5.10 Å². The third kappa shape index (κ3) is 2.01. The molecule has 0 aliphatic carbocycles. The monoisotopic (exact) mass is 180 g/mol. The predicted octanol–water partition coefficient (Wildman–Crippen LogP) is 2.52. The lowest BCUT2D eigenvalue weighted by molar-refractivity contribution is 0.981. The Hall–Kier alpha value is -0.960. The van der Waals surface area contributed by atoms with Gasteiger partial charge in [0.05, 0.1) is 5.69 Å². The zero-order chi connectivity index (χ0) is 8.97. The second-order valence-electron chi connectivity index (χ2n) is 2.35. The standard InChI is InChI=1S/C9H12N2S/c1-4-5-6-9-7-11(12-3)10-8(9)2/h4-7H,1H2,2-3H3/b6-5-. The minimum atomic E-state index is 1.04. The highest BCUT2D eigenvalue weighted by atomic mass is 32.2. The average molecular weight is 180 g/mol. The molecule has 0 saturated carbocycles. The van der Waals surface area contributed by atoms with E-state index in [1.807, 2.05) is 35.6 Å². The van der Waals surface area contributed by atoms with Gasteiger partial charge in [0.1, 0.15) is 0 Å². The summed E-state index contributed by atoms with van der Waals surface area (Å²) in [6.07, 6.45) is 9.67. The topological polar surface area (TPSA) is 17.8 Å². The van der Waals surface area contributed by atoms with Crippen LogP contribution in [0.25, 0.3) is 6.08 Å². The molecule has 1 rings (SSSR count). The van der Waals surface area contributed by atoms with Crippen LogP contribution in [0.4, 0.5) is 0 Å². The molecule has 1 aromatic heterocycles. The van der Waals surface area contributed by atoms with E-state index in [9.17, 15) is 0 Å². The maximum atomic E-state index is 4.28. The second kappa shape index (κ2) is 4.16. The fraction of sp³-hybridized carbons (Fsp3) is 0.222. The van der Waals surface area contributed by atoms with Crippen molar-refractivity contribution < 1.29 is 0 Å². The van der Waals surface area contributed by atoms with Crippen molar-refractivity contribution in [1.82, 2.24) is 9.19 Å². The molecule has 3 heteroatoms. The Kier molecular flexibility index (Phi) is 3.17. The molecule has 0 fully saturated rings. The summed E-state index contributed by atoms with van der Waals surface area (Å²) in [5, 5.41) is 4.28. The van der Waals surface area contributed by atoms with E-state index >= 15 is 0 Å². The summed E-state index contributed by atoms with van der Waals surface area (Å²) >= 11 is 1.58. The minimum Gasteiger partial charge on any atom is -0.214 e. The summed E-state index contributed by atoms with van der Waals surface area (Å²) < 4.78 is 1.85. The molecule has 12 heavy (non-hydrogen) atoms. The molecule has 0 spiro atoms. The zero-order valence-corrected chi connectivity index (χ0v) is 8.14. The maximum Gasteiger partial charge on any atom is 0.0676 e. The molecule has 0 amide bonds. The minimum absolute atomic E-state index is 1.04. The fourth-order valence-corrected chi connectivity index (χ4v) is 1.30. The number of allylic oxidation sites excluding steroid dienone is 2. The van der Waals surface area contributed by atoms with E-state index < -0.39 is 0 Å². The van der Waals surface area contributed by atoms with Crippen LogP contribution < -0.4 is 0 Å². The van der Waals surface area contributed by atoms with Crippen LogP contribution in [0.2, 0.25) is 0 Å². The van der Waals surface area contributed by atoms with Gasteiger partial charge < -0.3 is 0 Å². The van der Waals surface area contributed by atoms with Crippen molar-refractivity contribution in [2.24, 2.45) is 0 Å². The van der Waals surface area contributed by atoms with E-state index in [2.05, 4.69) is 11.7 Å². The summed E-state index contributed by atoms with van der Waals surface area (Å²) in [5.41, 5.74) is 2.19. The van der Waals surface area contributed by atoms with Crippen molar-refractivity contribution in [1.29, 1.82) is 0 Å². The molecule has 1 heterocycles. The lowest BCUT2D eigenvalue weighted by Crippen LogP contribution is -1.83. The molecule has 0 atom stereocenters. The third-order valence-electron chi connectivity index (χ3n) is 1.51. The molecule has 0 N–H and O–H groups in total. The molecule has 0 bridgehead atoms. The van der Waals surface area contributed by atoms with Gasteiger partial charge in [0.15, 0.2) is 0 Å². The quantitative estimate of drug-likeness (QED) is 0.665. The average Bonchev–Trinajstić information content (AvgIpc) is 2.43.